The van der Waals surface area contributed by atoms with Crippen LogP contribution < -0.4 is 31.9 Å². The van der Waals surface area contributed by atoms with Crippen LogP contribution in [0.15, 0.2) is 72.8 Å². The zero-order valence-electron chi connectivity index (χ0n) is 38.9. The van der Waals surface area contributed by atoms with Gasteiger partial charge < -0.3 is 57.2 Å². The molecule has 3 aromatic carbocycles. The number of phenolic OH excluding ortho intramolecular Hbond substituents is 3. The van der Waals surface area contributed by atoms with Crippen LogP contribution in [0.25, 0.3) is 0 Å². The molecule has 0 radical (unpaired) electrons. The number of urea groups is 1. The second kappa shape index (κ2) is 25.7. The molecule has 1 unspecified atom stereocenters. The summed E-state index contributed by atoms with van der Waals surface area (Å²) in [4.78, 5) is 98.7. The largest absolute Gasteiger partial charge is 0.508 e. The summed E-state index contributed by atoms with van der Waals surface area (Å²) in [6.07, 6.45) is 2.16. The van der Waals surface area contributed by atoms with Gasteiger partial charge in [-0.15, -0.1) is 0 Å². The first-order valence-electron chi connectivity index (χ1n) is 23.0. The summed E-state index contributed by atoms with van der Waals surface area (Å²) in [7, 11) is 1.42. The number of carbonyl (C=O) groups is 7. The molecular formula is C49H67N7O11. The highest BCUT2D eigenvalue weighted by Gasteiger charge is 2.38. The van der Waals surface area contributed by atoms with Crippen LogP contribution in [0.2, 0.25) is 0 Å². The van der Waals surface area contributed by atoms with Crippen molar-refractivity contribution in [3.05, 3.63) is 89.5 Å². The summed E-state index contributed by atoms with van der Waals surface area (Å²) in [6.45, 7) is 7.43. The number of nitrogens with one attached hydrogen (secondary N) is 6. The molecule has 0 aromatic heterocycles. The first kappa shape index (κ1) is 52.8. The van der Waals surface area contributed by atoms with Gasteiger partial charge in [0, 0.05) is 20.0 Å². The topological polar surface area (TPSA) is 276 Å². The SMILES string of the molecule is CC[C@H](C)[C@@H]1NC(=O)C(CCc2ccc(O)cc2)NC(=O)[C@@H](CCc2ccc(O)cc2)NC(=O)[C@H]([C@@H](C)CC)N(C)C(=O)[C@H](NC(=O)N[C@@H](Cc2ccc(O)cc2)C(=O)O)CCCCNC1=O. The Morgan fingerprint density at radius 2 is 1.15 bits per heavy atom. The van der Waals surface area contributed by atoms with Gasteiger partial charge in [-0.3, -0.25) is 24.0 Å². The first-order valence-corrected chi connectivity index (χ1v) is 23.0. The van der Waals surface area contributed by atoms with Crippen LogP contribution in [0, 0.1) is 11.8 Å². The number of benzene rings is 3. The highest BCUT2D eigenvalue weighted by atomic mass is 16.4. The minimum Gasteiger partial charge on any atom is -0.508 e. The van der Waals surface area contributed by atoms with E-state index in [1.165, 1.54) is 60.5 Å². The molecule has 1 aliphatic heterocycles. The second-order valence-corrected chi connectivity index (χ2v) is 17.4. The molecule has 1 fully saturated rings. The fraction of sp³-hybridized carbons (Fsp3) is 0.490. The molecule has 0 aliphatic carbocycles. The summed E-state index contributed by atoms with van der Waals surface area (Å²) < 4.78 is 0. The van der Waals surface area contributed by atoms with Crippen molar-refractivity contribution < 1.29 is 54.0 Å². The molecule has 4 rings (SSSR count). The van der Waals surface area contributed by atoms with E-state index in [0.717, 1.165) is 11.1 Å². The van der Waals surface area contributed by atoms with Crippen molar-refractivity contribution in [2.45, 2.75) is 128 Å². The van der Waals surface area contributed by atoms with Crippen molar-refractivity contribution in [2.24, 2.45) is 11.8 Å². The molecule has 1 aliphatic rings. The zero-order chi connectivity index (χ0) is 49.2. The van der Waals surface area contributed by atoms with E-state index < -0.39 is 83.7 Å². The van der Waals surface area contributed by atoms with Gasteiger partial charge in [0.15, 0.2) is 0 Å². The van der Waals surface area contributed by atoms with Crippen LogP contribution in [-0.4, -0.2) is 117 Å². The van der Waals surface area contributed by atoms with E-state index >= 15 is 0 Å². The van der Waals surface area contributed by atoms with Crippen LogP contribution in [0.5, 0.6) is 17.2 Å². The van der Waals surface area contributed by atoms with Crippen molar-refractivity contribution in [1.82, 2.24) is 36.8 Å². The van der Waals surface area contributed by atoms with Crippen LogP contribution in [0.4, 0.5) is 4.79 Å². The lowest BCUT2D eigenvalue weighted by Gasteiger charge is -2.35. The molecule has 3 aromatic rings. The highest BCUT2D eigenvalue weighted by Crippen LogP contribution is 2.20. The lowest BCUT2D eigenvalue weighted by molar-refractivity contribution is -0.143. The number of carboxylic acids is 1. The monoisotopic (exact) mass is 929 g/mol. The number of likely N-dealkylation sites (N-methyl/N-ethyl adjacent to an activating group) is 1. The Bertz CT molecular complexity index is 2140. The highest BCUT2D eigenvalue weighted by molar-refractivity contribution is 5.96. The lowest BCUT2D eigenvalue weighted by atomic mass is 9.95. The third-order valence-corrected chi connectivity index (χ3v) is 12.4. The molecule has 1 heterocycles. The maximum atomic E-state index is 14.6. The lowest BCUT2D eigenvalue weighted by Crippen LogP contribution is -2.61. The van der Waals surface area contributed by atoms with Crippen molar-refractivity contribution in [2.75, 3.05) is 13.6 Å². The summed E-state index contributed by atoms with van der Waals surface area (Å²) in [5.74, 6) is -5.16. The smallest absolute Gasteiger partial charge is 0.326 e. The van der Waals surface area contributed by atoms with Gasteiger partial charge in [-0.1, -0.05) is 76.9 Å². The van der Waals surface area contributed by atoms with Crippen LogP contribution in [0.3, 0.4) is 0 Å². The quantitative estimate of drug-likeness (QED) is 0.106. The minimum atomic E-state index is -1.41. The minimum absolute atomic E-state index is 0.0174. The van der Waals surface area contributed by atoms with Gasteiger partial charge >= 0.3 is 12.0 Å². The number of aryl methyl sites for hydroxylation is 2. The van der Waals surface area contributed by atoms with Gasteiger partial charge in [0.1, 0.15) is 53.5 Å². The molecule has 364 valence electrons. The Morgan fingerprint density at radius 1 is 0.672 bits per heavy atom. The zero-order valence-corrected chi connectivity index (χ0v) is 38.9. The number of nitrogens with zero attached hydrogens (tertiary/aromatic N) is 1. The van der Waals surface area contributed by atoms with E-state index in [0.29, 0.717) is 31.2 Å². The van der Waals surface area contributed by atoms with Crippen LogP contribution >= 0.6 is 0 Å². The van der Waals surface area contributed by atoms with E-state index in [9.17, 15) is 54.0 Å². The van der Waals surface area contributed by atoms with Gasteiger partial charge in [-0.05, 0) is 110 Å². The van der Waals surface area contributed by atoms with Crippen LogP contribution in [0.1, 0.15) is 89.3 Å². The number of rotatable bonds is 15. The number of phenols is 3. The fourth-order valence-electron chi connectivity index (χ4n) is 7.87. The maximum Gasteiger partial charge on any atom is 0.326 e. The number of aliphatic carboxylic acids is 1. The summed E-state index contributed by atoms with van der Waals surface area (Å²) in [5.41, 5.74) is 2.03. The molecule has 0 spiro atoms. The van der Waals surface area contributed by atoms with E-state index in [1.54, 1.807) is 31.2 Å². The number of carboxylic acid groups (broad SMARTS) is 1. The summed E-state index contributed by atoms with van der Waals surface area (Å²) in [5, 5.41) is 55.9. The maximum absolute atomic E-state index is 14.6. The predicted octanol–water partition coefficient (Wildman–Crippen LogP) is 3.41. The average molecular weight is 930 g/mol. The van der Waals surface area contributed by atoms with E-state index in [1.807, 2.05) is 20.8 Å². The Hall–Kier alpha value is -6.85. The summed E-state index contributed by atoms with van der Waals surface area (Å²) in [6, 6.07) is 10.4. The van der Waals surface area contributed by atoms with Gasteiger partial charge in [0.05, 0.1) is 0 Å². The third-order valence-electron chi connectivity index (χ3n) is 12.4. The van der Waals surface area contributed by atoms with Crippen molar-refractivity contribution >= 4 is 41.5 Å². The summed E-state index contributed by atoms with van der Waals surface area (Å²) >= 11 is 0. The molecule has 1 saturated heterocycles. The molecule has 67 heavy (non-hydrogen) atoms. The number of amides is 7. The van der Waals surface area contributed by atoms with Gasteiger partial charge in [0.2, 0.25) is 29.5 Å². The van der Waals surface area contributed by atoms with E-state index in [-0.39, 0.29) is 68.2 Å². The third kappa shape index (κ3) is 16.2. The van der Waals surface area contributed by atoms with Gasteiger partial charge in [0.25, 0.3) is 0 Å². The Labute approximate surface area is 391 Å². The number of carbonyl (C=O) groups excluding carboxylic acids is 6. The van der Waals surface area contributed by atoms with Gasteiger partial charge in [-0.25, -0.2) is 9.59 Å². The van der Waals surface area contributed by atoms with E-state index in [4.69, 9.17) is 0 Å². The van der Waals surface area contributed by atoms with Crippen LogP contribution in [-0.2, 0) is 48.0 Å². The van der Waals surface area contributed by atoms with Gasteiger partial charge in [-0.2, -0.15) is 0 Å². The number of hydrogen-bond donors (Lipinski definition) is 10. The molecule has 0 saturated carbocycles. The molecule has 18 heteroatoms. The molecule has 7 amide bonds. The van der Waals surface area contributed by atoms with E-state index in [2.05, 4.69) is 31.9 Å². The predicted molar refractivity (Wildman–Crippen MR) is 250 cm³/mol. The Morgan fingerprint density at radius 3 is 1.64 bits per heavy atom. The molecule has 8 atom stereocenters. The molecular weight excluding hydrogens is 863 g/mol. The first-order chi connectivity index (χ1) is 31.9. The fourth-order valence-corrected chi connectivity index (χ4v) is 7.87. The van der Waals surface area contributed by atoms with Crippen molar-refractivity contribution in [1.29, 1.82) is 0 Å². The van der Waals surface area contributed by atoms with Crippen molar-refractivity contribution in [3.8, 4) is 17.2 Å². The number of hydrogen-bond acceptors (Lipinski definition) is 10. The molecule has 10 N–H and O–H groups in total. The number of aromatic hydroxyl groups is 3. The Balaban J connectivity index is 1.71. The average Bonchev–Trinajstić information content (AvgIpc) is 3.30. The Kier molecular flexibility index (Phi) is 20.3. The standard InChI is InChI=1S/C49H67N7O11/c1-6-29(3)41-45(62)50-27-9-8-10-39(53-49(67)54-40(48(65)66)28-33-15-23-36(59)24-16-33)47(64)56(5)42(30(4)7-2)46(63)52-37(25-17-31-11-19-34(57)20-12-31)43(60)51-38(44(61)55-41)26-18-32-13-21-35(58)22-14-32/h11-16,19-24,29-30,37-42,57-59H,6-10,17-18,25-28H2,1-5H3,(H,50,62)(H,51,60)(H,52,63)(H,55,61)(H,65,66)(H2,53,54,67)/t29-,30-,37+,38?,39+,40-,41-,42-/m0/s1. The van der Waals surface area contributed by atoms with Crippen molar-refractivity contribution in [3.63, 3.8) is 0 Å². The molecule has 18 nitrogen and oxygen atoms in total. The molecule has 0 bridgehead atoms. The second-order valence-electron chi connectivity index (χ2n) is 17.4. The normalized spacial score (nSPS) is 21.7.